The lowest BCUT2D eigenvalue weighted by Gasteiger charge is -2.23. The molecule has 1 amide bonds. The summed E-state index contributed by atoms with van der Waals surface area (Å²) in [6.45, 7) is 1.39. The van der Waals surface area contributed by atoms with Crippen LogP contribution in [0.15, 0.2) is 18.2 Å². The van der Waals surface area contributed by atoms with Crippen molar-refractivity contribution in [2.24, 2.45) is 0 Å². The van der Waals surface area contributed by atoms with Gasteiger partial charge in [-0.1, -0.05) is 12.1 Å². The fourth-order valence-corrected chi connectivity index (χ4v) is 2.63. The third kappa shape index (κ3) is 2.18. The minimum Gasteiger partial charge on any atom is -0.338 e. The van der Waals surface area contributed by atoms with Gasteiger partial charge in [0.15, 0.2) is 0 Å². The highest BCUT2D eigenvalue weighted by molar-refractivity contribution is 5.97. The van der Waals surface area contributed by atoms with Crippen LogP contribution >= 0.6 is 0 Å². The van der Waals surface area contributed by atoms with Crippen LogP contribution in [0.25, 0.3) is 0 Å². The zero-order valence-electron chi connectivity index (χ0n) is 10.8. The van der Waals surface area contributed by atoms with Crippen molar-refractivity contribution < 1.29 is 18.0 Å². The van der Waals surface area contributed by atoms with E-state index in [2.05, 4.69) is 10.6 Å². The molecule has 6 heteroatoms. The number of hydrogen-bond acceptors (Lipinski definition) is 2. The molecule has 0 bridgehead atoms. The first-order valence-corrected chi connectivity index (χ1v) is 6.64. The summed E-state index contributed by atoms with van der Waals surface area (Å²) in [5, 5.41) is 5.37. The molecule has 3 nitrogen and oxygen atoms in total. The molecule has 1 aliphatic carbocycles. The summed E-state index contributed by atoms with van der Waals surface area (Å²) in [5.74, 6) is -0.612. The van der Waals surface area contributed by atoms with Crippen LogP contribution in [0, 0.1) is 0 Å². The Hall–Kier alpha value is -1.56. The van der Waals surface area contributed by atoms with Crippen LogP contribution in [0.4, 0.5) is 13.2 Å². The quantitative estimate of drug-likeness (QED) is 0.874. The zero-order chi connectivity index (χ0) is 14.4. The topological polar surface area (TPSA) is 41.1 Å². The number of nitrogens with one attached hydrogen (secondary N) is 2. The molecule has 0 aromatic heterocycles. The number of halogens is 3. The van der Waals surface area contributed by atoms with Gasteiger partial charge in [-0.15, -0.1) is 0 Å². The average molecular weight is 284 g/mol. The van der Waals surface area contributed by atoms with Crippen molar-refractivity contribution in [1.82, 2.24) is 10.6 Å². The molecule has 20 heavy (non-hydrogen) atoms. The molecule has 1 aromatic rings. The van der Waals surface area contributed by atoms with E-state index in [9.17, 15) is 18.0 Å². The number of hydrogen-bond donors (Lipinski definition) is 2. The van der Waals surface area contributed by atoms with E-state index in [0.717, 1.165) is 17.7 Å². The van der Waals surface area contributed by atoms with E-state index in [1.807, 2.05) is 6.07 Å². The lowest BCUT2D eigenvalue weighted by molar-refractivity contribution is -0.163. The Balaban J connectivity index is 1.85. The summed E-state index contributed by atoms with van der Waals surface area (Å²) in [4.78, 5) is 12.2. The van der Waals surface area contributed by atoms with Crippen molar-refractivity contribution in [3.8, 4) is 0 Å². The van der Waals surface area contributed by atoms with Gasteiger partial charge >= 0.3 is 6.18 Å². The Morgan fingerprint density at radius 3 is 2.70 bits per heavy atom. The van der Waals surface area contributed by atoms with E-state index in [1.54, 1.807) is 12.1 Å². The number of fused-ring (bicyclic) bond motifs is 1. The van der Waals surface area contributed by atoms with Crippen LogP contribution in [-0.2, 0) is 13.0 Å². The maximum Gasteiger partial charge on any atom is 0.411 e. The molecule has 108 valence electrons. The molecule has 3 rings (SSSR count). The lowest BCUT2D eigenvalue weighted by Crippen LogP contribution is -2.48. The van der Waals surface area contributed by atoms with Crippen LogP contribution in [0.3, 0.4) is 0 Å². The standard InChI is InChI=1S/C14H15F3N2O/c15-14(16,17)13(5-6-13)19-12(20)11-3-1-2-9-8-18-7-4-10(9)11/h1-3,18H,4-8H2,(H,19,20). The van der Waals surface area contributed by atoms with Crippen LogP contribution in [-0.4, -0.2) is 24.2 Å². The fraction of sp³-hybridized carbons (Fsp3) is 0.500. The molecule has 0 unspecified atom stereocenters. The highest BCUT2D eigenvalue weighted by atomic mass is 19.4. The van der Waals surface area contributed by atoms with Gasteiger partial charge < -0.3 is 10.6 Å². The average Bonchev–Trinajstić information content (AvgIpc) is 3.18. The summed E-state index contributed by atoms with van der Waals surface area (Å²) in [7, 11) is 0. The summed E-state index contributed by atoms with van der Waals surface area (Å²) >= 11 is 0. The van der Waals surface area contributed by atoms with E-state index < -0.39 is 17.6 Å². The van der Waals surface area contributed by atoms with Gasteiger partial charge in [0.25, 0.3) is 5.91 Å². The zero-order valence-corrected chi connectivity index (χ0v) is 10.8. The first-order chi connectivity index (χ1) is 9.43. The SMILES string of the molecule is O=C(NC1(C(F)(F)F)CC1)c1cccc2c1CCNC2. The second kappa shape index (κ2) is 4.48. The van der Waals surface area contributed by atoms with Crippen LogP contribution in [0.5, 0.6) is 0 Å². The van der Waals surface area contributed by atoms with Gasteiger partial charge in [0.05, 0.1) is 0 Å². The summed E-state index contributed by atoms with van der Waals surface area (Å²) in [6.07, 6.45) is -3.77. The molecule has 0 spiro atoms. The van der Waals surface area contributed by atoms with Crippen molar-refractivity contribution in [3.05, 3.63) is 34.9 Å². The second-order valence-corrected chi connectivity index (χ2v) is 5.40. The van der Waals surface area contributed by atoms with Crippen LogP contribution in [0.1, 0.15) is 34.3 Å². The second-order valence-electron chi connectivity index (χ2n) is 5.40. The van der Waals surface area contributed by atoms with Crippen molar-refractivity contribution in [2.75, 3.05) is 6.54 Å². The molecule has 1 heterocycles. The number of carbonyl (C=O) groups excluding carboxylic acids is 1. The smallest absolute Gasteiger partial charge is 0.338 e. The third-order valence-electron chi connectivity index (χ3n) is 4.03. The van der Waals surface area contributed by atoms with Gasteiger partial charge in [0.2, 0.25) is 0 Å². The minimum absolute atomic E-state index is 0.0289. The number of amides is 1. The largest absolute Gasteiger partial charge is 0.411 e. The van der Waals surface area contributed by atoms with E-state index in [1.165, 1.54) is 0 Å². The maximum atomic E-state index is 12.9. The first-order valence-electron chi connectivity index (χ1n) is 6.64. The molecule has 1 aromatic carbocycles. The summed E-state index contributed by atoms with van der Waals surface area (Å²) < 4.78 is 38.7. The number of rotatable bonds is 2. The normalized spacial score (nSPS) is 20.1. The molecular formula is C14H15F3N2O. The van der Waals surface area contributed by atoms with Crippen LogP contribution < -0.4 is 10.6 Å². The monoisotopic (exact) mass is 284 g/mol. The number of alkyl halides is 3. The highest BCUT2D eigenvalue weighted by Gasteiger charge is 2.64. The molecular weight excluding hydrogens is 269 g/mol. The Labute approximate surface area is 114 Å². The van der Waals surface area contributed by atoms with E-state index in [-0.39, 0.29) is 12.8 Å². The van der Waals surface area contributed by atoms with Crippen molar-refractivity contribution >= 4 is 5.91 Å². The van der Waals surface area contributed by atoms with Crippen molar-refractivity contribution in [1.29, 1.82) is 0 Å². The third-order valence-corrected chi connectivity index (χ3v) is 4.03. The molecule has 1 aliphatic heterocycles. The molecule has 0 radical (unpaired) electrons. The van der Waals surface area contributed by atoms with Gasteiger partial charge in [0.1, 0.15) is 5.54 Å². The predicted octanol–water partition coefficient (Wildman–Crippen LogP) is 2.16. The molecule has 2 aliphatic rings. The Kier molecular flexibility index (Phi) is 3.01. The minimum atomic E-state index is -4.38. The summed E-state index contributed by atoms with van der Waals surface area (Å²) in [5.41, 5.74) is 0.224. The molecule has 0 atom stereocenters. The predicted molar refractivity (Wildman–Crippen MR) is 67.3 cm³/mol. The fourth-order valence-electron chi connectivity index (χ4n) is 2.63. The van der Waals surface area contributed by atoms with Gasteiger partial charge in [-0.3, -0.25) is 4.79 Å². The van der Waals surface area contributed by atoms with Gasteiger partial charge in [-0.05, 0) is 43.0 Å². The Morgan fingerprint density at radius 1 is 1.30 bits per heavy atom. The van der Waals surface area contributed by atoms with Gasteiger partial charge in [-0.2, -0.15) is 13.2 Å². The van der Waals surface area contributed by atoms with E-state index >= 15 is 0 Å². The molecule has 2 N–H and O–H groups in total. The number of benzene rings is 1. The van der Waals surface area contributed by atoms with Crippen LogP contribution in [0.2, 0.25) is 0 Å². The molecule has 0 saturated heterocycles. The van der Waals surface area contributed by atoms with E-state index in [4.69, 9.17) is 0 Å². The van der Waals surface area contributed by atoms with E-state index in [0.29, 0.717) is 18.5 Å². The molecule has 1 saturated carbocycles. The molecule has 1 fully saturated rings. The first kappa shape index (κ1) is 13.4. The van der Waals surface area contributed by atoms with Crippen molar-refractivity contribution in [3.63, 3.8) is 0 Å². The maximum absolute atomic E-state index is 12.9. The van der Waals surface area contributed by atoms with Gasteiger partial charge in [-0.25, -0.2) is 0 Å². The van der Waals surface area contributed by atoms with Crippen molar-refractivity contribution in [2.45, 2.75) is 37.5 Å². The number of carbonyl (C=O) groups is 1. The summed E-state index contributed by atoms with van der Waals surface area (Å²) in [6, 6.07) is 5.22. The lowest BCUT2D eigenvalue weighted by atomic mass is 9.95. The Bertz CT molecular complexity index is 550. The highest BCUT2D eigenvalue weighted by Crippen LogP contribution is 2.49. The Morgan fingerprint density at radius 2 is 2.05 bits per heavy atom. The van der Waals surface area contributed by atoms with Gasteiger partial charge in [0, 0.05) is 12.1 Å².